The number of nitrogens with zero attached hydrogens (tertiary/aromatic N) is 1. The summed E-state index contributed by atoms with van der Waals surface area (Å²) in [6.45, 7) is 3.79. The fourth-order valence-electron chi connectivity index (χ4n) is 1.77. The number of aryl methyl sites for hydroxylation is 2. The first-order chi connectivity index (χ1) is 9.76. The van der Waals surface area contributed by atoms with Crippen molar-refractivity contribution in [2.24, 2.45) is 5.73 Å². The number of nitro groups is 1. The number of non-ortho nitro benzene ring substituents is 1. The Labute approximate surface area is 128 Å². The summed E-state index contributed by atoms with van der Waals surface area (Å²) in [6, 6.07) is 2.71. The van der Waals surface area contributed by atoms with Crippen LogP contribution in [0.25, 0.3) is 0 Å². The molecule has 1 aromatic rings. The van der Waals surface area contributed by atoms with E-state index in [2.05, 4.69) is 4.72 Å². The molecule has 0 heterocycles. The van der Waals surface area contributed by atoms with Gasteiger partial charge in [-0.15, -0.1) is 0 Å². The molecule has 0 spiro atoms. The molecule has 0 saturated carbocycles. The van der Waals surface area contributed by atoms with Crippen molar-refractivity contribution in [2.75, 3.05) is 28.5 Å². The molecule has 0 amide bonds. The van der Waals surface area contributed by atoms with E-state index in [1.54, 1.807) is 13.8 Å². The van der Waals surface area contributed by atoms with Crippen LogP contribution in [-0.4, -0.2) is 37.1 Å². The van der Waals surface area contributed by atoms with Crippen LogP contribution in [-0.2, 0) is 10.0 Å². The Hall–Kier alpha value is -1.32. The van der Waals surface area contributed by atoms with Gasteiger partial charge in [0.15, 0.2) is 0 Å². The van der Waals surface area contributed by atoms with Crippen molar-refractivity contribution in [1.82, 2.24) is 0 Å². The molecule has 0 aliphatic rings. The van der Waals surface area contributed by atoms with Crippen molar-refractivity contribution in [3.63, 3.8) is 0 Å². The minimum Gasteiger partial charge on any atom is -0.330 e. The summed E-state index contributed by atoms with van der Waals surface area (Å²) in [5.41, 5.74) is 6.75. The number of nitro benzene ring substituents is 1. The van der Waals surface area contributed by atoms with E-state index in [-0.39, 0.29) is 11.4 Å². The van der Waals surface area contributed by atoms with E-state index in [4.69, 9.17) is 5.73 Å². The molecule has 1 aromatic carbocycles. The van der Waals surface area contributed by atoms with E-state index in [0.29, 0.717) is 34.9 Å². The van der Waals surface area contributed by atoms with Crippen molar-refractivity contribution in [3.8, 4) is 0 Å². The zero-order chi connectivity index (χ0) is 16.0. The van der Waals surface area contributed by atoms with E-state index < -0.39 is 14.9 Å². The molecule has 0 aliphatic carbocycles. The standard InChI is InChI=1S/C12H19N3O4S2/c1-9-7-11(15(16)17)8-10(2)12(9)14-21(18,19)6-5-20-4-3-13/h7-8,14H,3-6,13H2,1-2H3. The van der Waals surface area contributed by atoms with Gasteiger partial charge in [0.25, 0.3) is 5.69 Å². The van der Waals surface area contributed by atoms with Gasteiger partial charge in [-0.2, -0.15) is 11.8 Å². The minimum absolute atomic E-state index is 0.0203. The van der Waals surface area contributed by atoms with Crippen LogP contribution in [0.5, 0.6) is 0 Å². The highest BCUT2D eigenvalue weighted by molar-refractivity contribution is 8.00. The van der Waals surface area contributed by atoms with Gasteiger partial charge < -0.3 is 5.73 Å². The van der Waals surface area contributed by atoms with Crippen molar-refractivity contribution < 1.29 is 13.3 Å². The Morgan fingerprint density at radius 1 is 1.29 bits per heavy atom. The molecule has 9 heteroatoms. The summed E-state index contributed by atoms with van der Waals surface area (Å²) in [5, 5.41) is 10.8. The van der Waals surface area contributed by atoms with Crippen LogP contribution in [0.1, 0.15) is 11.1 Å². The van der Waals surface area contributed by atoms with Crippen LogP contribution < -0.4 is 10.5 Å². The fourth-order valence-corrected chi connectivity index (χ4v) is 4.22. The Kier molecular flexibility index (Phi) is 6.43. The molecule has 7 nitrogen and oxygen atoms in total. The zero-order valence-electron chi connectivity index (χ0n) is 12.0. The summed E-state index contributed by atoms with van der Waals surface area (Å²) < 4.78 is 26.5. The van der Waals surface area contributed by atoms with E-state index in [1.807, 2.05) is 0 Å². The van der Waals surface area contributed by atoms with Gasteiger partial charge in [-0.25, -0.2) is 8.42 Å². The third-order valence-corrected chi connectivity index (χ3v) is 5.28. The van der Waals surface area contributed by atoms with Gasteiger partial charge in [0.05, 0.1) is 16.4 Å². The summed E-state index contributed by atoms with van der Waals surface area (Å²) >= 11 is 1.47. The van der Waals surface area contributed by atoms with Crippen molar-refractivity contribution in [3.05, 3.63) is 33.4 Å². The number of rotatable bonds is 8. The highest BCUT2D eigenvalue weighted by atomic mass is 32.2. The van der Waals surface area contributed by atoms with Crippen LogP contribution in [0.3, 0.4) is 0 Å². The lowest BCUT2D eigenvalue weighted by atomic mass is 10.1. The lowest BCUT2D eigenvalue weighted by Gasteiger charge is -2.13. The van der Waals surface area contributed by atoms with Crippen LogP contribution in [0.2, 0.25) is 0 Å². The maximum absolute atomic E-state index is 12.0. The van der Waals surface area contributed by atoms with Gasteiger partial charge >= 0.3 is 0 Å². The van der Waals surface area contributed by atoms with Crippen LogP contribution >= 0.6 is 11.8 Å². The smallest absolute Gasteiger partial charge is 0.270 e. The summed E-state index contributed by atoms with van der Waals surface area (Å²) in [6.07, 6.45) is 0. The van der Waals surface area contributed by atoms with Crippen LogP contribution in [0, 0.1) is 24.0 Å². The first-order valence-electron chi connectivity index (χ1n) is 6.31. The Morgan fingerprint density at radius 2 is 1.86 bits per heavy atom. The highest BCUT2D eigenvalue weighted by Crippen LogP contribution is 2.27. The normalized spacial score (nSPS) is 11.4. The number of nitrogens with two attached hydrogens (primary N) is 1. The lowest BCUT2D eigenvalue weighted by molar-refractivity contribution is -0.384. The third kappa shape index (κ3) is 5.52. The summed E-state index contributed by atoms with van der Waals surface area (Å²) in [5.74, 6) is 1.15. The van der Waals surface area contributed by atoms with E-state index in [1.165, 1.54) is 23.9 Å². The number of thioether (sulfide) groups is 1. The van der Waals surface area contributed by atoms with Gasteiger partial charge in [0.1, 0.15) is 0 Å². The molecular weight excluding hydrogens is 314 g/mol. The van der Waals surface area contributed by atoms with E-state index in [0.717, 1.165) is 0 Å². The molecule has 0 atom stereocenters. The van der Waals surface area contributed by atoms with Gasteiger partial charge in [0, 0.05) is 30.2 Å². The van der Waals surface area contributed by atoms with Crippen molar-refractivity contribution in [1.29, 1.82) is 0 Å². The van der Waals surface area contributed by atoms with Crippen LogP contribution in [0.15, 0.2) is 12.1 Å². The topological polar surface area (TPSA) is 115 Å². The molecule has 1 rings (SSSR count). The van der Waals surface area contributed by atoms with Crippen LogP contribution in [0.4, 0.5) is 11.4 Å². The first kappa shape index (κ1) is 17.7. The number of sulfonamides is 1. The molecule has 0 unspecified atom stereocenters. The molecule has 0 aromatic heterocycles. The number of hydrogen-bond acceptors (Lipinski definition) is 6. The van der Waals surface area contributed by atoms with Gasteiger partial charge in [0.2, 0.25) is 10.0 Å². The third-order valence-electron chi connectivity index (χ3n) is 2.74. The second kappa shape index (κ2) is 7.62. The fraction of sp³-hybridized carbons (Fsp3) is 0.500. The molecule has 0 radical (unpaired) electrons. The molecule has 0 bridgehead atoms. The van der Waals surface area contributed by atoms with Gasteiger partial charge in [-0.05, 0) is 25.0 Å². The summed E-state index contributed by atoms with van der Waals surface area (Å²) in [4.78, 5) is 10.3. The largest absolute Gasteiger partial charge is 0.330 e. The first-order valence-corrected chi connectivity index (χ1v) is 9.11. The number of benzene rings is 1. The van der Waals surface area contributed by atoms with Crippen molar-refractivity contribution in [2.45, 2.75) is 13.8 Å². The Bertz CT molecular complexity index is 594. The second-order valence-corrected chi connectivity index (χ2v) is 7.60. The summed E-state index contributed by atoms with van der Waals surface area (Å²) in [7, 11) is -3.47. The van der Waals surface area contributed by atoms with Gasteiger partial charge in [-0.3, -0.25) is 14.8 Å². The number of hydrogen-bond donors (Lipinski definition) is 2. The van der Waals surface area contributed by atoms with E-state index in [9.17, 15) is 18.5 Å². The maximum atomic E-state index is 12.0. The Balaban J connectivity index is 2.85. The predicted molar refractivity (Wildman–Crippen MR) is 86.4 cm³/mol. The average Bonchev–Trinajstić information content (AvgIpc) is 2.38. The number of nitrogens with one attached hydrogen (secondary N) is 1. The highest BCUT2D eigenvalue weighted by Gasteiger charge is 2.17. The molecule has 0 aliphatic heterocycles. The quantitative estimate of drug-likeness (QED) is 0.424. The van der Waals surface area contributed by atoms with Gasteiger partial charge in [-0.1, -0.05) is 0 Å². The monoisotopic (exact) mass is 333 g/mol. The maximum Gasteiger partial charge on any atom is 0.270 e. The molecule has 0 fully saturated rings. The van der Waals surface area contributed by atoms with Crippen molar-refractivity contribution >= 4 is 33.2 Å². The molecule has 118 valence electrons. The minimum atomic E-state index is -3.47. The zero-order valence-corrected chi connectivity index (χ0v) is 13.6. The molecule has 21 heavy (non-hydrogen) atoms. The Morgan fingerprint density at radius 3 is 2.33 bits per heavy atom. The lowest BCUT2D eigenvalue weighted by Crippen LogP contribution is -2.20. The SMILES string of the molecule is Cc1cc([N+](=O)[O-])cc(C)c1NS(=O)(=O)CCSCCN. The van der Waals surface area contributed by atoms with E-state index >= 15 is 0 Å². The molecule has 0 saturated heterocycles. The second-order valence-electron chi connectivity index (χ2n) is 4.53. The average molecular weight is 333 g/mol. The molecule has 3 N–H and O–H groups in total. The number of anilines is 1. The predicted octanol–water partition coefficient (Wildman–Crippen LogP) is 1.65. The molecular formula is C12H19N3O4S2.